The molecule has 1 saturated heterocycles. The minimum Gasteiger partial charge on any atom is -0.493 e. The van der Waals surface area contributed by atoms with Crippen molar-refractivity contribution in [2.75, 3.05) is 26.7 Å². The van der Waals surface area contributed by atoms with Crippen LogP contribution in [0.15, 0.2) is 72.9 Å². The second-order valence-corrected chi connectivity index (χ2v) is 11.3. The van der Waals surface area contributed by atoms with E-state index in [1.807, 2.05) is 0 Å². The Bertz CT molecular complexity index is 1800. The number of carbonyl (C=O) groups is 1. The number of rotatable bonds is 11. The van der Waals surface area contributed by atoms with Gasteiger partial charge in [-0.3, -0.25) is 15.0 Å². The molecule has 5 rings (SSSR count). The molecule has 1 aliphatic heterocycles. The van der Waals surface area contributed by atoms with Crippen LogP contribution in [-0.4, -0.2) is 69.6 Å². The number of carboxylic acid groups (broad SMARTS) is 1. The summed E-state index contributed by atoms with van der Waals surface area (Å²) in [6.45, 7) is -0.528. The van der Waals surface area contributed by atoms with E-state index in [1.165, 1.54) is 47.0 Å². The molecule has 0 bridgehead atoms. The van der Waals surface area contributed by atoms with Crippen LogP contribution in [0.4, 0.5) is 23.2 Å². The Morgan fingerprint density at radius 1 is 1.11 bits per heavy atom. The number of hydrogen-bond acceptors (Lipinski definition) is 7. The number of carboxylic acids is 1. The number of nitro benzene ring substituents is 1. The van der Waals surface area contributed by atoms with Crippen molar-refractivity contribution >= 4 is 28.6 Å². The van der Waals surface area contributed by atoms with E-state index in [0.717, 1.165) is 23.8 Å². The molecular formula is C33H31F4N3O7. The number of aliphatic carboxylic acids is 1. The maximum atomic E-state index is 14.9. The number of halogens is 4. The first-order valence-electron chi connectivity index (χ1n) is 14.6. The highest BCUT2D eigenvalue weighted by molar-refractivity contribution is 5.87. The van der Waals surface area contributed by atoms with Crippen molar-refractivity contribution in [3.8, 4) is 11.5 Å². The maximum absolute atomic E-state index is 14.9. The molecule has 1 fully saturated rings. The highest BCUT2D eigenvalue weighted by Crippen LogP contribution is 2.44. The van der Waals surface area contributed by atoms with Gasteiger partial charge >= 0.3 is 12.1 Å². The van der Waals surface area contributed by atoms with Crippen LogP contribution in [0.1, 0.15) is 29.5 Å². The number of hydrogen-bond donors (Lipinski definition) is 2. The zero-order chi connectivity index (χ0) is 33.9. The lowest BCUT2D eigenvalue weighted by Crippen LogP contribution is -2.53. The van der Waals surface area contributed by atoms with E-state index >= 15 is 0 Å². The standard InChI is InChI=1S/C33H31F4N3O7/c1-46-29-16-22(7-10-30(41)42)15-27(34)31(29)47-24-11-13-38(14-12-24)20-32(43,33(35,36)37)26-19-39(18-21-5-3-2-4-6-21)28-17-23(40(44)45)8-9-25(26)28/h2-10,15-17,19,24,43H,11-14,18,20H2,1H3,(H,41,42)/b10-7+. The third-order valence-electron chi connectivity index (χ3n) is 8.13. The van der Waals surface area contributed by atoms with Gasteiger partial charge in [0.25, 0.3) is 5.69 Å². The topological polar surface area (TPSA) is 127 Å². The summed E-state index contributed by atoms with van der Waals surface area (Å²) in [6.07, 6.45) is -2.03. The van der Waals surface area contributed by atoms with E-state index < -0.39 is 46.7 Å². The minimum absolute atomic E-state index is 0.0241. The number of likely N-dealkylation sites (tertiary alicyclic amines) is 1. The molecule has 4 aromatic rings. The van der Waals surface area contributed by atoms with Gasteiger partial charge in [-0.05, 0) is 48.2 Å². The first kappa shape index (κ1) is 33.4. The Morgan fingerprint density at radius 2 is 1.81 bits per heavy atom. The number of ether oxygens (including phenoxy) is 2. The number of methoxy groups -OCH3 is 1. The zero-order valence-corrected chi connectivity index (χ0v) is 25.1. The molecule has 0 radical (unpaired) electrons. The Balaban J connectivity index is 1.38. The van der Waals surface area contributed by atoms with Gasteiger partial charge in [-0.1, -0.05) is 30.3 Å². The smallest absolute Gasteiger partial charge is 0.422 e. The van der Waals surface area contributed by atoms with E-state index in [9.17, 15) is 37.6 Å². The minimum atomic E-state index is -5.11. The van der Waals surface area contributed by atoms with Crippen molar-refractivity contribution in [1.82, 2.24) is 9.47 Å². The van der Waals surface area contributed by atoms with Gasteiger partial charge in [0.05, 0.1) is 17.5 Å². The number of benzene rings is 3. The van der Waals surface area contributed by atoms with Gasteiger partial charge in [-0.25, -0.2) is 9.18 Å². The lowest BCUT2D eigenvalue weighted by Gasteiger charge is -2.39. The normalized spacial score (nSPS) is 16.0. The molecule has 1 atom stereocenters. The van der Waals surface area contributed by atoms with Gasteiger partial charge < -0.3 is 24.3 Å². The number of aliphatic hydroxyl groups is 1. The van der Waals surface area contributed by atoms with Crippen LogP contribution >= 0.6 is 0 Å². The predicted molar refractivity (Wildman–Crippen MR) is 164 cm³/mol. The fourth-order valence-corrected chi connectivity index (χ4v) is 5.76. The summed E-state index contributed by atoms with van der Waals surface area (Å²) in [4.78, 5) is 23.1. The SMILES string of the molecule is COc1cc(/C=C/C(=O)O)cc(F)c1OC1CCN(CC(O)(c2cn(Cc3ccccc3)c3cc([N+](=O)[O-])ccc23)C(F)(F)F)CC1. The molecule has 0 aliphatic carbocycles. The molecule has 1 unspecified atom stereocenters. The fraction of sp³-hybridized carbons (Fsp3) is 0.303. The molecular weight excluding hydrogens is 626 g/mol. The molecule has 47 heavy (non-hydrogen) atoms. The van der Waals surface area contributed by atoms with Gasteiger partial charge in [0.1, 0.15) is 6.10 Å². The third kappa shape index (κ3) is 7.23. The average molecular weight is 658 g/mol. The lowest BCUT2D eigenvalue weighted by molar-refractivity contribution is -0.384. The molecule has 1 aliphatic rings. The van der Waals surface area contributed by atoms with Crippen molar-refractivity contribution in [3.05, 3.63) is 106 Å². The first-order valence-corrected chi connectivity index (χ1v) is 14.6. The molecule has 2 heterocycles. The second kappa shape index (κ2) is 13.4. The highest BCUT2D eigenvalue weighted by atomic mass is 19.4. The number of fused-ring (bicyclic) bond motifs is 1. The Morgan fingerprint density at radius 3 is 2.43 bits per heavy atom. The van der Waals surface area contributed by atoms with Crippen LogP contribution in [0, 0.1) is 15.9 Å². The second-order valence-electron chi connectivity index (χ2n) is 11.3. The summed E-state index contributed by atoms with van der Waals surface area (Å²) in [6, 6.07) is 14.9. The lowest BCUT2D eigenvalue weighted by atomic mass is 9.91. The van der Waals surface area contributed by atoms with E-state index in [0.29, 0.717) is 0 Å². The fourth-order valence-electron chi connectivity index (χ4n) is 5.76. The number of nitrogens with zero attached hydrogens (tertiary/aromatic N) is 3. The van der Waals surface area contributed by atoms with E-state index in [1.54, 1.807) is 30.3 Å². The number of non-ortho nitro benzene ring substituents is 1. The number of β-amino-alcohol motifs (C(OH)–C–C–N with tert-alkyl or cyclic N) is 1. The Hall–Kier alpha value is -4.95. The monoisotopic (exact) mass is 657 g/mol. The molecule has 10 nitrogen and oxygen atoms in total. The predicted octanol–water partition coefficient (Wildman–Crippen LogP) is 6.14. The number of piperidine rings is 1. The zero-order valence-electron chi connectivity index (χ0n) is 25.1. The van der Waals surface area contributed by atoms with Crippen LogP contribution in [0.2, 0.25) is 0 Å². The molecule has 0 spiro atoms. The van der Waals surface area contributed by atoms with Crippen LogP contribution in [0.3, 0.4) is 0 Å². The summed E-state index contributed by atoms with van der Waals surface area (Å²) in [5, 5.41) is 31.9. The highest BCUT2D eigenvalue weighted by Gasteiger charge is 2.57. The number of nitro groups is 1. The largest absolute Gasteiger partial charge is 0.493 e. The van der Waals surface area contributed by atoms with E-state index in [-0.39, 0.29) is 66.1 Å². The van der Waals surface area contributed by atoms with Crippen molar-refractivity contribution in [1.29, 1.82) is 0 Å². The van der Waals surface area contributed by atoms with Gasteiger partial charge in [-0.2, -0.15) is 13.2 Å². The molecule has 248 valence electrons. The summed E-state index contributed by atoms with van der Waals surface area (Å²) < 4.78 is 72.0. The number of alkyl halides is 3. The third-order valence-corrected chi connectivity index (χ3v) is 8.13. The molecule has 1 aromatic heterocycles. The van der Waals surface area contributed by atoms with Crippen molar-refractivity contribution in [3.63, 3.8) is 0 Å². The van der Waals surface area contributed by atoms with Crippen molar-refractivity contribution in [2.24, 2.45) is 0 Å². The summed E-state index contributed by atoms with van der Waals surface area (Å²) in [5.74, 6) is -2.19. The van der Waals surface area contributed by atoms with E-state index in [4.69, 9.17) is 14.6 Å². The van der Waals surface area contributed by atoms with Crippen molar-refractivity contribution in [2.45, 2.75) is 37.3 Å². The molecule has 0 saturated carbocycles. The molecule has 3 aromatic carbocycles. The van der Waals surface area contributed by atoms with Gasteiger partial charge in [0, 0.05) is 61.5 Å². The molecule has 2 N–H and O–H groups in total. The van der Waals surface area contributed by atoms with Crippen molar-refractivity contribution < 1.29 is 47.0 Å². The quantitative estimate of drug-likeness (QED) is 0.0853. The van der Waals surface area contributed by atoms with Crippen LogP contribution in [0.5, 0.6) is 11.5 Å². The first-order chi connectivity index (χ1) is 22.3. The molecule has 14 heteroatoms. The van der Waals surface area contributed by atoms with E-state index in [2.05, 4.69) is 0 Å². The molecule has 0 amide bonds. The van der Waals surface area contributed by atoms with Crippen LogP contribution < -0.4 is 9.47 Å². The number of aromatic nitrogens is 1. The summed E-state index contributed by atoms with van der Waals surface area (Å²) in [7, 11) is 1.29. The van der Waals surface area contributed by atoms with Gasteiger partial charge in [-0.15, -0.1) is 0 Å². The Kier molecular flexibility index (Phi) is 9.54. The summed E-state index contributed by atoms with van der Waals surface area (Å²) in [5.41, 5.74) is -2.89. The Labute approximate surface area is 266 Å². The average Bonchev–Trinajstić information content (AvgIpc) is 3.39. The van der Waals surface area contributed by atoms with Gasteiger partial charge in [0.15, 0.2) is 17.3 Å². The van der Waals surface area contributed by atoms with Crippen LogP contribution in [-0.2, 0) is 16.9 Å². The summed E-state index contributed by atoms with van der Waals surface area (Å²) >= 11 is 0. The van der Waals surface area contributed by atoms with Crippen LogP contribution in [0.25, 0.3) is 17.0 Å². The maximum Gasteiger partial charge on any atom is 0.422 e. The van der Waals surface area contributed by atoms with Gasteiger partial charge in [0.2, 0.25) is 5.60 Å².